The standard InChI is InChI=1S/C28H44N2O6/c1-25(2)13-17(14-26(3,4)29(25)35-9)21-19(23(31)32)11-12-20(24(33)34)22(21)18-15-27(5,6)30(36-10)28(7,8)16-18/h11-12,17-18H,13-16H2,1-10H3,(H,31,32)(H,33,34)/p-2. The van der Waals surface area contributed by atoms with Gasteiger partial charge in [0, 0.05) is 33.3 Å². The van der Waals surface area contributed by atoms with Crippen LogP contribution in [0.1, 0.15) is 125 Å². The molecule has 2 aliphatic heterocycles. The van der Waals surface area contributed by atoms with Gasteiger partial charge in [0.05, 0.1) is 26.2 Å². The number of carboxylic acids is 2. The first-order valence-electron chi connectivity index (χ1n) is 12.7. The third-order valence-electron chi connectivity index (χ3n) is 8.09. The zero-order valence-electron chi connectivity index (χ0n) is 23.5. The molecular formula is C28H42N2O6-2. The van der Waals surface area contributed by atoms with Crippen LogP contribution in [0, 0.1) is 0 Å². The van der Waals surface area contributed by atoms with Crippen molar-refractivity contribution in [2.75, 3.05) is 14.2 Å². The van der Waals surface area contributed by atoms with Gasteiger partial charge in [0.2, 0.25) is 0 Å². The van der Waals surface area contributed by atoms with Gasteiger partial charge in [0.25, 0.3) is 0 Å². The van der Waals surface area contributed by atoms with Gasteiger partial charge >= 0.3 is 0 Å². The first-order chi connectivity index (χ1) is 16.4. The molecule has 0 saturated carbocycles. The van der Waals surface area contributed by atoms with Crippen LogP contribution < -0.4 is 10.2 Å². The van der Waals surface area contributed by atoms with Crippen molar-refractivity contribution in [3.05, 3.63) is 34.4 Å². The highest BCUT2D eigenvalue weighted by molar-refractivity contribution is 5.94. The molecule has 8 heteroatoms. The smallest absolute Gasteiger partial charge is 0.0718 e. The number of aromatic carboxylic acids is 2. The molecule has 0 bridgehead atoms. The van der Waals surface area contributed by atoms with Crippen LogP contribution in [0.4, 0.5) is 0 Å². The Morgan fingerprint density at radius 1 is 0.667 bits per heavy atom. The van der Waals surface area contributed by atoms with Crippen molar-refractivity contribution in [1.82, 2.24) is 10.1 Å². The van der Waals surface area contributed by atoms with Crippen LogP contribution in [0.15, 0.2) is 12.1 Å². The van der Waals surface area contributed by atoms with Crippen molar-refractivity contribution in [3.8, 4) is 0 Å². The summed E-state index contributed by atoms with van der Waals surface area (Å²) in [6.07, 6.45) is 2.38. The fraction of sp³-hybridized carbons (Fsp3) is 0.714. The Labute approximate surface area is 215 Å². The molecule has 0 unspecified atom stereocenters. The summed E-state index contributed by atoms with van der Waals surface area (Å²) in [7, 11) is 3.29. The van der Waals surface area contributed by atoms with Gasteiger partial charge < -0.3 is 29.5 Å². The van der Waals surface area contributed by atoms with Gasteiger partial charge in [0.1, 0.15) is 0 Å². The number of piperidine rings is 2. The Balaban J connectivity index is 2.30. The molecule has 1 aromatic carbocycles. The molecule has 0 aliphatic carbocycles. The third-order valence-corrected chi connectivity index (χ3v) is 8.09. The summed E-state index contributed by atoms with van der Waals surface area (Å²) in [5.74, 6) is -3.02. The minimum atomic E-state index is -1.30. The molecule has 2 fully saturated rings. The molecular weight excluding hydrogens is 460 g/mol. The van der Waals surface area contributed by atoms with E-state index in [-0.39, 0.29) is 23.0 Å². The predicted molar refractivity (Wildman–Crippen MR) is 133 cm³/mol. The number of hydrogen-bond acceptors (Lipinski definition) is 8. The Kier molecular flexibility index (Phi) is 7.45. The van der Waals surface area contributed by atoms with Gasteiger partial charge in [-0.3, -0.25) is 0 Å². The second kappa shape index (κ2) is 9.39. The van der Waals surface area contributed by atoms with Crippen LogP contribution >= 0.6 is 0 Å². The molecule has 0 spiro atoms. The minimum Gasteiger partial charge on any atom is -0.545 e. The van der Waals surface area contributed by atoms with Gasteiger partial charge in [0.15, 0.2) is 0 Å². The van der Waals surface area contributed by atoms with Crippen LogP contribution in [0.25, 0.3) is 0 Å². The normalized spacial score (nSPS) is 24.5. The van der Waals surface area contributed by atoms with Crippen molar-refractivity contribution in [1.29, 1.82) is 0 Å². The molecule has 1 aromatic rings. The maximum absolute atomic E-state index is 12.4. The molecule has 0 atom stereocenters. The number of carbonyl (C=O) groups is 2. The summed E-state index contributed by atoms with van der Waals surface area (Å²) in [5.41, 5.74) is -0.431. The molecule has 8 nitrogen and oxygen atoms in total. The average molecular weight is 503 g/mol. The number of nitrogens with zero attached hydrogens (tertiary/aromatic N) is 2. The summed E-state index contributed by atoms with van der Waals surface area (Å²) < 4.78 is 0. The lowest BCUT2D eigenvalue weighted by molar-refractivity contribution is -0.268. The molecule has 2 aliphatic rings. The van der Waals surface area contributed by atoms with Gasteiger partial charge in [-0.25, -0.2) is 0 Å². The molecule has 2 heterocycles. The Morgan fingerprint density at radius 3 is 1.11 bits per heavy atom. The van der Waals surface area contributed by atoms with E-state index < -0.39 is 34.1 Å². The quantitative estimate of drug-likeness (QED) is 0.585. The van der Waals surface area contributed by atoms with E-state index in [4.69, 9.17) is 9.68 Å². The summed E-state index contributed by atoms with van der Waals surface area (Å²) in [4.78, 5) is 36.4. The highest BCUT2D eigenvalue weighted by atomic mass is 16.7. The monoisotopic (exact) mass is 502 g/mol. The Morgan fingerprint density at radius 2 is 0.917 bits per heavy atom. The minimum absolute atomic E-state index is 0.0576. The first kappa shape index (κ1) is 28.6. The van der Waals surface area contributed by atoms with Crippen molar-refractivity contribution >= 4 is 11.9 Å². The number of benzene rings is 1. The Hall–Kier alpha value is -2.00. The maximum Gasteiger partial charge on any atom is 0.0718 e. The van der Waals surface area contributed by atoms with E-state index in [1.807, 2.05) is 10.1 Å². The summed E-state index contributed by atoms with van der Waals surface area (Å²) in [6, 6.07) is 2.76. The number of carboxylic acid groups (broad SMARTS) is 2. The topological polar surface area (TPSA) is 105 Å². The van der Waals surface area contributed by atoms with Gasteiger partial charge in [-0.05, 0) is 104 Å². The molecule has 2 saturated heterocycles. The van der Waals surface area contributed by atoms with Crippen molar-refractivity contribution in [2.45, 2.75) is 115 Å². The van der Waals surface area contributed by atoms with E-state index in [9.17, 15) is 19.8 Å². The first-order valence-corrected chi connectivity index (χ1v) is 12.7. The maximum atomic E-state index is 12.4. The molecule has 0 aromatic heterocycles. The van der Waals surface area contributed by atoms with Gasteiger partial charge in [-0.15, -0.1) is 0 Å². The van der Waals surface area contributed by atoms with E-state index in [0.717, 1.165) is 0 Å². The highest BCUT2D eigenvalue weighted by Crippen LogP contribution is 2.52. The SMILES string of the molecule is CON1C(C)(C)CC(c2c(C(=O)[O-])ccc(C(=O)[O-])c2C2CC(C)(C)N(OC)C(C)(C)C2)CC1(C)C. The van der Waals surface area contributed by atoms with E-state index in [2.05, 4.69) is 55.4 Å². The predicted octanol–water partition coefficient (Wildman–Crippen LogP) is 3.01. The van der Waals surface area contributed by atoms with Crippen LogP contribution in [0.2, 0.25) is 0 Å². The molecule has 3 rings (SSSR count). The molecule has 202 valence electrons. The molecule has 0 N–H and O–H groups in total. The van der Waals surface area contributed by atoms with Gasteiger partial charge in [-0.1, -0.05) is 12.1 Å². The lowest BCUT2D eigenvalue weighted by Gasteiger charge is -2.55. The summed E-state index contributed by atoms with van der Waals surface area (Å²) in [6.45, 7) is 16.5. The lowest BCUT2D eigenvalue weighted by atomic mass is 9.65. The fourth-order valence-corrected chi connectivity index (χ4v) is 7.80. The van der Waals surface area contributed by atoms with Gasteiger partial charge in [-0.2, -0.15) is 10.1 Å². The van der Waals surface area contributed by atoms with E-state index in [1.165, 1.54) is 12.1 Å². The lowest BCUT2D eigenvalue weighted by Crippen LogP contribution is -2.60. The average Bonchev–Trinajstić information content (AvgIpc) is 2.69. The van der Waals surface area contributed by atoms with Crippen molar-refractivity contribution < 1.29 is 29.5 Å². The van der Waals surface area contributed by atoms with E-state index >= 15 is 0 Å². The second-order valence-corrected chi connectivity index (χ2v) is 13.0. The second-order valence-electron chi connectivity index (χ2n) is 13.0. The number of hydrogen-bond donors (Lipinski definition) is 0. The third kappa shape index (κ3) is 4.93. The summed E-state index contributed by atoms with van der Waals surface area (Å²) in [5, 5.41) is 28.8. The fourth-order valence-electron chi connectivity index (χ4n) is 7.80. The van der Waals surface area contributed by atoms with E-state index in [1.54, 1.807) is 14.2 Å². The molecule has 36 heavy (non-hydrogen) atoms. The van der Waals surface area contributed by atoms with Crippen molar-refractivity contribution in [3.63, 3.8) is 0 Å². The largest absolute Gasteiger partial charge is 0.545 e. The van der Waals surface area contributed by atoms with Crippen molar-refractivity contribution in [2.24, 2.45) is 0 Å². The number of rotatable bonds is 6. The molecule has 0 amide bonds. The van der Waals surface area contributed by atoms with Crippen LogP contribution in [0.5, 0.6) is 0 Å². The highest BCUT2D eigenvalue weighted by Gasteiger charge is 2.50. The Bertz CT molecular complexity index is 912. The van der Waals surface area contributed by atoms with Crippen LogP contribution in [-0.2, 0) is 9.68 Å². The number of hydroxylamine groups is 4. The zero-order chi connectivity index (χ0) is 27.4. The van der Waals surface area contributed by atoms with Crippen LogP contribution in [-0.4, -0.2) is 58.4 Å². The van der Waals surface area contributed by atoms with Crippen LogP contribution in [0.3, 0.4) is 0 Å². The summed E-state index contributed by atoms with van der Waals surface area (Å²) >= 11 is 0. The van der Waals surface area contributed by atoms with E-state index in [0.29, 0.717) is 36.8 Å². The zero-order valence-corrected chi connectivity index (χ0v) is 23.5. The molecule has 0 radical (unpaired) electrons. The number of carbonyl (C=O) groups excluding carboxylic acids is 2.